The Kier molecular flexibility index (Phi) is 8.16. The molecule has 0 spiro atoms. The van der Waals surface area contributed by atoms with E-state index in [0.717, 1.165) is 51.7 Å². The number of nitrogens with one attached hydrogen (secondary N) is 2. The number of Topliss-reactive ketones (excluding diaryl/α,β-unsaturated/α-hetero) is 1. The van der Waals surface area contributed by atoms with E-state index in [1.807, 2.05) is 6.20 Å². The molecule has 10 unspecified atom stereocenters. The van der Waals surface area contributed by atoms with Crippen molar-refractivity contribution in [2.75, 3.05) is 33.3 Å². The maximum Gasteiger partial charge on any atom is 0.256 e. The summed E-state index contributed by atoms with van der Waals surface area (Å²) in [6.45, 7) is 3.02. The Morgan fingerprint density at radius 2 is 1.90 bits per heavy atom. The van der Waals surface area contributed by atoms with E-state index in [4.69, 9.17) is 9.47 Å². The molecule has 7 rings (SSSR count). The fourth-order valence-electron chi connectivity index (χ4n) is 9.56. The van der Waals surface area contributed by atoms with Gasteiger partial charge in [0.1, 0.15) is 6.17 Å². The maximum absolute atomic E-state index is 16.0. The first-order chi connectivity index (χ1) is 20.0. The molecule has 3 saturated carbocycles. The largest absolute Gasteiger partial charge is 0.377 e. The predicted molar refractivity (Wildman–Crippen MR) is 153 cm³/mol. The smallest absolute Gasteiger partial charge is 0.256 e. The van der Waals surface area contributed by atoms with Crippen LogP contribution < -0.4 is 10.6 Å². The van der Waals surface area contributed by atoms with Crippen molar-refractivity contribution in [2.45, 2.75) is 126 Å². The van der Waals surface area contributed by atoms with Gasteiger partial charge in [-0.1, -0.05) is 25.7 Å². The lowest BCUT2D eigenvalue weighted by Crippen LogP contribution is -2.73. The number of carbonyl (C=O) groups excluding carboxylic acids is 2. The Balaban J connectivity index is 1.13. The van der Waals surface area contributed by atoms with Crippen LogP contribution in [-0.2, 0) is 19.1 Å². The molecule has 228 valence electrons. The van der Waals surface area contributed by atoms with Crippen LogP contribution >= 0.6 is 0 Å². The SMILES string of the molecule is CN1CCCC1CCNC(=O)C1=CN2C3CC4CCCCC4CC3OC3C(NC[C@H]4CCCO4)C(F)CC(C1=O)C32. The lowest BCUT2D eigenvalue weighted by Gasteiger charge is -2.61. The fraction of sp³-hybridized carbons (Fsp3) is 0.875. The Labute approximate surface area is 244 Å². The van der Waals surface area contributed by atoms with Crippen molar-refractivity contribution in [3.8, 4) is 0 Å². The molecule has 0 aromatic rings. The van der Waals surface area contributed by atoms with Gasteiger partial charge in [0.15, 0.2) is 5.78 Å². The van der Waals surface area contributed by atoms with Gasteiger partial charge in [-0.15, -0.1) is 0 Å². The first kappa shape index (κ1) is 28.2. The number of rotatable bonds is 7. The van der Waals surface area contributed by atoms with Crippen LogP contribution in [0.1, 0.15) is 77.0 Å². The van der Waals surface area contributed by atoms with Crippen LogP contribution in [0, 0.1) is 17.8 Å². The van der Waals surface area contributed by atoms with Gasteiger partial charge in [-0.3, -0.25) is 9.59 Å². The molecule has 41 heavy (non-hydrogen) atoms. The van der Waals surface area contributed by atoms with E-state index >= 15 is 4.39 Å². The Bertz CT molecular complexity index is 1020. The van der Waals surface area contributed by atoms with Crippen molar-refractivity contribution in [1.29, 1.82) is 0 Å². The number of alkyl halides is 1. The molecule has 11 atom stereocenters. The zero-order valence-corrected chi connectivity index (χ0v) is 24.6. The topological polar surface area (TPSA) is 83.1 Å². The average Bonchev–Trinajstić information content (AvgIpc) is 3.64. The Morgan fingerprint density at radius 3 is 2.66 bits per heavy atom. The summed E-state index contributed by atoms with van der Waals surface area (Å²) in [4.78, 5) is 32.0. The Hall–Kier alpha value is -1.55. The van der Waals surface area contributed by atoms with E-state index < -0.39 is 24.2 Å². The Morgan fingerprint density at radius 1 is 1.07 bits per heavy atom. The number of halogens is 1. The third-order valence-electron chi connectivity index (χ3n) is 11.8. The number of hydrogen-bond acceptors (Lipinski definition) is 7. The van der Waals surface area contributed by atoms with Crippen molar-refractivity contribution in [2.24, 2.45) is 17.8 Å². The third kappa shape index (κ3) is 5.38. The quantitative estimate of drug-likeness (QED) is 0.454. The molecule has 7 aliphatic rings. The van der Waals surface area contributed by atoms with Crippen molar-refractivity contribution < 1.29 is 23.5 Å². The van der Waals surface area contributed by atoms with Gasteiger partial charge in [0.2, 0.25) is 0 Å². The minimum Gasteiger partial charge on any atom is -0.377 e. The van der Waals surface area contributed by atoms with Crippen molar-refractivity contribution in [3.05, 3.63) is 11.8 Å². The zero-order chi connectivity index (χ0) is 28.1. The molecule has 8 nitrogen and oxygen atoms in total. The molecular formula is C32H49FN4O4. The van der Waals surface area contributed by atoms with Gasteiger partial charge in [-0.25, -0.2) is 4.39 Å². The highest BCUT2D eigenvalue weighted by Crippen LogP contribution is 2.50. The van der Waals surface area contributed by atoms with Gasteiger partial charge in [0, 0.05) is 37.9 Å². The van der Waals surface area contributed by atoms with Crippen LogP contribution in [0.25, 0.3) is 0 Å². The van der Waals surface area contributed by atoms with Crippen molar-refractivity contribution in [3.63, 3.8) is 0 Å². The molecule has 3 aliphatic carbocycles. The summed E-state index contributed by atoms with van der Waals surface area (Å²) in [5.41, 5.74) is 0.217. The van der Waals surface area contributed by atoms with Gasteiger partial charge < -0.3 is 29.9 Å². The van der Waals surface area contributed by atoms with Gasteiger partial charge in [-0.2, -0.15) is 0 Å². The van der Waals surface area contributed by atoms with Gasteiger partial charge in [0.25, 0.3) is 5.91 Å². The first-order valence-electron chi connectivity index (χ1n) is 16.6. The molecule has 1 amide bonds. The molecule has 3 saturated heterocycles. The van der Waals surface area contributed by atoms with E-state index in [2.05, 4.69) is 27.5 Å². The molecule has 0 aromatic heterocycles. The number of hydrogen-bond donors (Lipinski definition) is 2. The average molecular weight is 573 g/mol. The molecule has 0 radical (unpaired) electrons. The summed E-state index contributed by atoms with van der Waals surface area (Å²) < 4.78 is 28.7. The summed E-state index contributed by atoms with van der Waals surface area (Å²) >= 11 is 0. The molecule has 2 N–H and O–H groups in total. The standard InChI is InChI=1S/C32H49FN4O4/c1-36-12-4-8-21(36)10-11-34-32(39)24-18-37-26-14-19-6-2-3-7-20(19)15-27(26)41-31-28(35-17-22-9-5-13-40-22)25(33)16-23(29(31)37)30(24)38/h18-23,25-29,31,35H,2-17H2,1H3,(H,34,39)/t19?,20?,21?,22-,23?,25?,26?,27?,28?,29?,31?/m1/s1. The number of ketones is 1. The minimum atomic E-state index is -1.21. The molecule has 0 aromatic carbocycles. The highest BCUT2D eigenvalue weighted by atomic mass is 19.1. The van der Waals surface area contributed by atoms with Gasteiger partial charge >= 0.3 is 0 Å². The third-order valence-corrected chi connectivity index (χ3v) is 11.8. The minimum absolute atomic E-state index is 0.000229. The van der Waals surface area contributed by atoms with Crippen molar-refractivity contribution in [1.82, 2.24) is 20.4 Å². The number of ether oxygens (including phenoxy) is 2. The fourth-order valence-corrected chi connectivity index (χ4v) is 9.56. The van der Waals surface area contributed by atoms with E-state index in [1.54, 1.807) is 0 Å². The highest BCUT2D eigenvalue weighted by Gasteiger charge is 2.59. The predicted octanol–water partition coefficient (Wildman–Crippen LogP) is 2.96. The molecule has 4 aliphatic heterocycles. The maximum atomic E-state index is 16.0. The molecule has 9 heteroatoms. The second kappa shape index (κ2) is 11.9. The van der Waals surface area contributed by atoms with Crippen LogP contribution in [0.5, 0.6) is 0 Å². The van der Waals surface area contributed by atoms with Crippen LogP contribution in [0.3, 0.4) is 0 Å². The summed E-state index contributed by atoms with van der Waals surface area (Å²) in [5, 5.41) is 6.55. The molecule has 6 fully saturated rings. The number of fused-ring (bicyclic) bond motifs is 3. The van der Waals surface area contributed by atoms with Crippen LogP contribution in [-0.4, -0.2) is 103 Å². The first-order valence-corrected chi connectivity index (χ1v) is 16.6. The zero-order valence-electron chi connectivity index (χ0n) is 24.6. The lowest BCUT2D eigenvalue weighted by molar-refractivity contribution is -0.208. The summed E-state index contributed by atoms with van der Waals surface area (Å²) in [6, 6.07) is -0.0995. The molecule has 4 heterocycles. The monoisotopic (exact) mass is 572 g/mol. The van der Waals surface area contributed by atoms with Crippen LogP contribution in [0.2, 0.25) is 0 Å². The van der Waals surface area contributed by atoms with Gasteiger partial charge in [-0.05, 0) is 76.8 Å². The van der Waals surface area contributed by atoms with Gasteiger partial charge in [0.05, 0.1) is 42.0 Å². The van der Waals surface area contributed by atoms with Crippen LogP contribution in [0.15, 0.2) is 11.8 Å². The summed E-state index contributed by atoms with van der Waals surface area (Å²) in [7, 11) is 2.14. The number of likely N-dealkylation sites (tertiary alicyclic amines) is 1. The number of carbonyl (C=O) groups is 2. The van der Waals surface area contributed by atoms with Crippen LogP contribution in [0.4, 0.5) is 4.39 Å². The van der Waals surface area contributed by atoms with E-state index in [0.29, 0.717) is 31.0 Å². The molecule has 0 bridgehead atoms. The van der Waals surface area contributed by atoms with Crippen molar-refractivity contribution >= 4 is 11.7 Å². The normalized spacial score (nSPS) is 44.1. The van der Waals surface area contributed by atoms with E-state index in [9.17, 15) is 9.59 Å². The number of nitrogens with zero attached hydrogens (tertiary/aromatic N) is 2. The number of amides is 1. The number of morpholine rings is 1. The van der Waals surface area contributed by atoms with E-state index in [1.165, 1.54) is 32.1 Å². The highest BCUT2D eigenvalue weighted by molar-refractivity contribution is 6.20. The summed E-state index contributed by atoms with van der Waals surface area (Å²) in [5.74, 6) is 0.260. The summed E-state index contributed by atoms with van der Waals surface area (Å²) in [6.07, 6.45) is 12.8. The second-order valence-electron chi connectivity index (χ2n) is 14.1. The molecular weight excluding hydrogens is 523 g/mol. The van der Waals surface area contributed by atoms with E-state index in [-0.39, 0.29) is 48.0 Å². The second-order valence-corrected chi connectivity index (χ2v) is 14.1. The lowest BCUT2D eigenvalue weighted by atomic mass is 9.65.